The van der Waals surface area contributed by atoms with E-state index >= 15 is 0 Å². The maximum Gasteiger partial charge on any atom is 0.326 e. The molecule has 2 heterocycles. The average Bonchev–Trinajstić information content (AvgIpc) is 3.16. The zero-order valence-corrected chi connectivity index (χ0v) is 20.1. The Labute approximate surface area is 194 Å². The monoisotopic (exact) mass is 482 g/mol. The van der Waals surface area contributed by atoms with Gasteiger partial charge < -0.3 is 10.0 Å². The van der Waals surface area contributed by atoms with Gasteiger partial charge in [0, 0.05) is 19.1 Å². The lowest BCUT2D eigenvalue weighted by molar-refractivity contribution is -0.154. The molecule has 7 nitrogen and oxygen atoms in total. The lowest BCUT2D eigenvalue weighted by atomic mass is 9.74. The highest BCUT2D eigenvalue weighted by Gasteiger charge is 2.50. The number of carbonyl (C=O) groups excluding carboxylic acids is 1. The van der Waals surface area contributed by atoms with E-state index in [0.717, 1.165) is 32.2 Å². The molecule has 1 aromatic rings. The maximum atomic E-state index is 13.4. The number of halogens is 1. The van der Waals surface area contributed by atoms with Crippen LogP contribution in [0.4, 0.5) is 0 Å². The molecule has 0 bridgehead atoms. The Balaban J connectivity index is 1.51. The topological polar surface area (TPSA) is 95.0 Å². The molecule has 0 radical (unpaired) electrons. The predicted octanol–water partition coefficient (Wildman–Crippen LogP) is 3.21. The molecule has 0 aromatic heterocycles. The van der Waals surface area contributed by atoms with Crippen molar-refractivity contribution >= 4 is 33.3 Å². The van der Waals surface area contributed by atoms with Crippen LogP contribution in [-0.4, -0.2) is 71.7 Å². The highest BCUT2D eigenvalue weighted by molar-refractivity contribution is 7.92. The molecule has 1 amide bonds. The van der Waals surface area contributed by atoms with E-state index in [1.54, 1.807) is 12.1 Å². The van der Waals surface area contributed by atoms with Crippen molar-refractivity contribution in [2.45, 2.75) is 80.6 Å². The molecule has 176 valence electrons. The number of amides is 1. The van der Waals surface area contributed by atoms with Crippen LogP contribution in [0.2, 0.25) is 5.02 Å². The van der Waals surface area contributed by atoms with E-state index in [9.17, 15) is 23.1 Å². The van der Waals surface area contributed by atoms with Crippen molar-refractivity contribution in [3.05, 3.63) is 29.3 Å². The van der Waals surface area contributed by atoms with Crippen LogP contribution in [0, 0.1) is 5.41 Å². The van der Waals surface area contributed by atoms with Crippen molar-refractivity contribution in [3.63, 3.8) is 0 Å². The second-order valence-corrected chi connectivity index (χ2v) is 12.7. The summed E-state index contributed by atoms with van der Waals surface area (Å²) >= 11 is 6.11. The molecule has 1 aliphatic carbocycles. The van der Waals surface area contributed by atoms with E-state index in [2.05, 4.69) is 18.7 Å². The van der Waals surface area contributed by atoms with Crippen LogP contribution in [0.3, 0.4) is 0 Å². The van der Waals surface area contributed by atoms with Crippen molar-refractivity contribution in [3.8, 4) is 0 Å². The number of carboxylic acids is 1. The molecule has 1 aromatic carbocycles. The van der Waals surface area contributed by atoms with Crippen LogP contribution in [0.25, 0.3) is 0 Å². The van der Waals surface area contributed by atoms with E-state index in [-0.39, 0.29) is 34.8 Å². The molecule has 1 N–H and O–H groups in total. The fourth-order valence-corrected chi connectivity index (χ4v) is 7.59. The SMILES string of the molecule is CC1(C)CCC(N2CCC2C(=O)N2C[C@H](S(=O)(=O)c3ccccc3Cl)C[C@H]2C(=O)O)CC1. The third kappa shape index (κ3) is 4.29. The number of benzene rings is 1. The Morgan fingerprint density at radius 3 is 2.31 bits per heavy atom. The summed E-state index contributed by atoms with van der Waals surface area (Å²) in [5.74, 6) is -1.43. The van der Waals surface area contributed by atoms with Gasteiger partial charge in [0.2, 0.25) is 5.91 Å². The molecule has 3 fully saturated rings. The van der Waals surface area contributed by atoms with Crippen molar-refractivity contribution in [2.24, 2.45) is 5.41 Å². The molecule has 3 atom stereocenters. The Bertz CT molecular complexity index is 1000. The summed E-state index contributed by atoms with van der Waals surface area (Å²) in [6.07, 6.45) is 4.83. The first-order chi connectivity index (χ1) is 15.0. The van der Waals surface area contributed by atoms with Crippen LogP contribution in [0.1, 0.15) is 52.4 Å². The minimum Gasteiger partial charge on any atom is -0.480 e. The number of aliphatic carboxylic acids is 1. The highest BCUT2D eigenvalue weighted by Crippen LogP contribution is 2.40. The second-order valence-electron chi connectivity index (χ2n) is 10.1. The number of carbonyl (C=O) groups is 2. The van der Waals surface area contributed by atoms with Gasteiger partial charge in [-0.15, -0.1) is 0 Å². The molecule has 4 rings (SSSR count). The van der Waals surface area contributed by atoms with E-state index < -0.39 is 27.1 Å². The second kappa shape index (κ2) is 8.61. The molecule has 1 saturated carbocycles. The summed E-state index contributed by atoms with van der Waals surface area (Å²) in [7, 11) is -3.87. The molecule has 1 unspecified atom stereocenters. The van der Waals surface area contributed by atoms with Crippen LogP contribution >= 0.6 is 11.6 Å². The lowest BCUT2D eigenvalue weighted by Crippen LogP contribution is -2.62. The number of sulfone groups is 1. The fraction of sp³-hybridized carbons (Fsp3) is 0.652. The van der Waals surface area contributed by atoms with Gasteiger partial charge in [-0.2, -0.15) is 0 Å². The molecule has 2 saturated heterocycles. The van der Waals surface area contributed by atoms with Crippen molar-refractivity contribution < 1.29 is 23.1 Å². The van der Waals surface area contributed by atoms with Crippen molar-refractivity contribution in [1.82, 2.24) is 9.80 Å². The molecule has 2 aliphatic heterocycles. The fourth-order valence-electron chi connectivity index (χ4n) is 5.37. The van der Waals surface area contributed by atoms with Gasteiger partial charge in [-0.25, -0.2) is 13.2 Å². The van der Waals surface area contributed by atoms with E-state index in [1.165, 1.54) is 17.0 Å². The summed E-state index contributed by atoms with van der Waals surface area (Å²) in [4.78, 5) is 28.8. The van der Waals surface area contributed by atoms with Gasteiger partial charge in [-0.1, -0.05) is 37.6 Å². The van der Waals surface area contributed by atoms with E-state index in [4.69, 9.17) is 11.6 Å². The summed E-state index contributed by atoms with van der Waals surface area (Å²) in [5, 5.41) is 8.87. The van der Waals surface area contributed by atoms with Gasteiger partial charge >= 0.3 is 5.97 Å². The van der Waals surface area contributed by atoms with Gasteiger partial charge in [0.1, 0.15) is 6.04 Å². The molecule has 32 heavy (non-hydrogen) atoms. The number of hydrogen-bond donors (Lipinski definition) is 1. The minimum absolute atomic E-state index is 0.0137. The number of rotatable bonds is 5. The number of likely N-dealkylation sites (tertiary alicyclic amines) is 2. The predicted molar refractivity (Wildman–Crippen MR) is 121 cm³/mol. The summed E-state index contributed by atoms with van der Waals surface area (Å²) in [6, 6.07) is 4.99. The quantitative estimate of drug-likeness (QED) is 0.692. The molecular weight excluding hydrogens is 452 g/mol. The average molecular weight is 483 g/mol. The van der Waals surface area contributed by atoms with Gasteiger partial charge in [0.15, 0.2) is 9.84 Å². The van der Waals surface area contributed by atoms with Gasteiger partial charge in [-0.3, -0.25) is 9.69 Å². The van der Waals surface area contributed by atoms with Crippen LogP contribution in [0.5, 0.6) is 0 Å². The summed E-state index contributed by atoms with van der Waals surface area (Å²) in [6.45, 7) is 5.24. The highest BCUT2D eigenvalue weighted by atomic mass is 35.5. The third-order valence-corrected chi connectivity index (χ3v) is 10.2. The summed E-state index contributed by atoms with van der Waals surface area (Å²) < 4.78 is 26.4. The van der Waals surface area contributed by atoms with Crippen molar-refractivity contribution in [2.75, 3.05) is 13.1 Å². The lowest BCUT2D eigenvalue weighted by Gasteiger charge is -2.49. The van der Waals surface area contributed by atoms with Gasteiger partial charge in [-0.05, 0) is 56.1 Å². The maximum absolute atomic E-state index is 13.4. The van der Waals surface area contributed by atoms with Gasteiger partial charge in [0.25, 0.3) is 0 Å². The molecule has 3 aliphatic rings. The van der Waals surface area contributed by atoms with Crippen LogP contribution < -0.4 is 0 Å². The standard InChI is InChI=1S/C23H31ClN2O5S/c1-23(2)10-7-15(8-11-23)25-12-9-18(25)21(27)26-14-16(13-19(26)22(28)29)32(30,31)20-6-4-3-5-17(20)24/h3-6,15-16,18-19H,7-14H2,1-2H3,(H,28,29)/t16-,18?,19+/m1/s1. The largest absolute Gasteiger partial charge is 0.480 e. The number of nitrogens with zero attached hydrogens (tertiary/aromatic N) is 2. The van der Waals surface area contributed by atoms with E-state index in [0.29, 0.717) is 17.9 Å². The van der Waals surface area contributed by atoms with Crippen molar-refractivity contribution in [1.29, 1.82) is 0 Å². The molecular formula is C23H31ClN2O5S. The minimum atomic E-state index is -3.87. The zero-order valence-electron chi connectivity index (χ0n) is 18.5. The first kappa shape index (κ1) is 23.5. The number of hydrogen-bond acceptors (Lipinski definition) is 5. The third-order valence-electron chi connectivity index (χ3n) is 7.54. The Kier molecular flexibility index (Phi) is 6.33. The Morgan fingerprint density at radius 2 is 1.75 bits per heavy atom. The Morgan fingerprint density at radius 1 is 1.09 bits per heavy atom. The molecule has 9 heteroatoms. The summed E-state index contributed by atoms with van der Waals surface area (Å²) in [5.41, 5.74) is 0.324. The normalized spacial score (nSPS) is 29.0. The first-order valence-corrected chi connectivity index (χ1v) is 13.2. The Hall–Kier alpha value is -1.64. The van der Waals surface area contributed by atoms with Crippen LogP contribution in [0.15, 0.2) is 29.2 Å². The van der Waals surface area contributed by atoms with Gasteiger partial charge in [0.05, 0.1) is 21.2 Å². The molecule has 0 spiro atoms. The first-order valence-electron chi connectivity index (χ1n) is 11.3. The van der Waals surface area contributed by atoms with Crippen LogP contribution in [-0.2, 0) is 19.4 Å². The number of carboxylic acid groups (broad SMARTS) is 1. The zero-order chi connectivity index (χ0) is 23.3. The van der Waals surface area contributed by atoms with E-state index in [1.807, 2.05) is 0 Å². The smallest absolute Gasteiger partial charge is 0.326 e.